The molecule has 2 atom stereocenters. The topological polar surface area (TPSA) is 94.8 Å². The lowest BCUT2D eigenvalue weighted by Crippen LogP contribution is -2.36. The summed E-state index contributed by atoms with van der Waals surface area (Å²) in [4.78, 5) is 32.2. The quantitative estimate of drug-likeness (QED) is 0.240. The van der Waals surface area contributed by atoms with Crippen LogP contribution in [0, 0.1) is 16.0 Å². The number of nitrogens with zero attached hydrogens (tertiary/aromatic N) is 6. The molecule has 0 N–H and O–H groups in total. The molecule has 1 amide bonds. The van der Waals surface area contributed by atoms with Crippen molar-refractivity contribution in [3.63, 3.8) is 0 Å². The van der Waals surface area contributed by atoms with E-state index in [9.17, 15) is 14.9 Å². The number of carbonyl (C=O) groups is 1. The van der Waals surface area contributed by atoms with Gasteiger partial charge in [-0.05, 0) is 78.4 Å². The summed E-state index contributed by atoms with van der Waals surface area (Å²) in [5, 5.41) is 18.8. The Bertz CT molecular complexity index is 1620. The van der Waals surface area contributed by atoms with Crippen molar-refractivity contribution in [3.05, 3.63) is 99.1 Å². The van der Waals surface area contributed by atoms with E-state index in [1.54, 1.807) is 17.1 Å². The van der Waals surface area contributed by atoms with Gasteiger partial charge in [0.1, 0.15) is 5.69 Å². The Kier molecular flexibility index (Phi) is 8.58. The van der Waals surface area contributed by atoms with E-state index in [4.69, 9.17) is 9.84 Å². The van der Waals surface area contributed by atoms with Gasteiger partial charge >= 0.3 is 0 Å². The van der Waals surface area contributed by atoms with Gasteiger partial charge in [-0.3, -0.25) is 14.9 Å². The lowest BCUT2D eigenvalue weighted by molar-refractivity contribution is -0.384. The second kappa shape index (κ2) is 12.7. The highest BCUT2D eigenvalue weighted by Gasteiger charge is 2.44. The fourth-order valence-electron chi connectivity index (χ4n) is 6.55. The minimum Gasteiger partial charge on any atom is -0.378 e. The Morgan fingerprint density at radius 3 is 2.22 bits per heavy atom. The van der Waals surface area contributed by atoms with Gasteiger partial charge in [0.05, 0.1) is 29.9 Å². The summed E-state index contributed by atoms with van der Waals surface area (Å²) in [6.45, 7) is 2.14. The van der Waals surface area contributed by atoms with Crippen LogP contribution in [-0.2, 0) is 4.74 Å². The van der Waals surface area contributed by atoms with Crippen molar-refractivity contribution in [1.29, 1.82) is 0 Å². The molecule has 1 aliphatic carbocycles. The third-order valence-corrected chi connectivity index (χ3v) is 8.98. The van der Waals surface area contributed by atoms with Gasteiger partial charge in [0.25, 0.3) is 11.6 Å². The molecular formula is C35H40N6O4. The molecule has 10 nitrogen and oxygen atoms in total. The molecule has 2 fully saturated rings. The lowest BCUT2D eigenvalue weighted by atomic mass is 9.77. The van der Waals surface area contributed by atoms with E-state index in [0.717, 1.165) is 53.0 Å². The number of hydrazone groups is 1. The van der Waals surface area contributed by atoms with Crippen LogP contribution < -0.4 is 14.7 Å². The van der Waals surface area contributed by atoms with Crippen LogP contribution >= 0.6 is 0 Å². The summed E-state index contributed by atoms with van der Waals surface area (Å²) in [7, 11) is 8.04. The van der Waals surface area contributed by atoms with Crippen LogP contribution in [-0.4, -0.2) is 76.0 Å². The minimum absolute atomic E-state index is 0.0165. The molecule has 0 radical (unpaired) electrons. The highest BCUT2D eigenvalue weighted by molar-refractivity contribution is 6.09. The second-order valence-electron chi connectivity index (χ2n) is 12.3. The van der Waals surface area contributed by atoms with E-state index >= 15 is 0 Å². The van der Waals surface area contributed by atoms with Crippen molar-refractivity contribution in [2.45, 2.75) is 25.3 Å². The van der Waals surface area contributed by atoms with Gasteiger partial charge in [-0.25, -0.2) is 5.01 Å². The van der Waals surface area contributed by atoms with E-state index < -0.39 is 4.92 Å². The zero-order chi connectivity index (χ0) is 31.7. The normalized spacial score (nSPS) is 20.5. The van der Waals surface area contributed by atoms with Crippen LogP contribution in [0.15, 0.2) is 77.4 Å². The van der Waals surface area contributed by atoms with Crippen LogP contribution in [0.4, 0.5) is 22.7 Å². The number of hydrogen-bond acceptors (Lipinski definition) is 8. The Morgan fingerprint density at radius 1 is 0.956 bits per heavy atom. The molecule has 3 aliphatic rings. The zero-order valence-corrected chi connectivity index (χ0v) is 26.3. The van der Waals surface area contributed by atoms with E-state index in [2.05, 4.69) is 59.5 Å². The maximum atomic E-state index is 14.3. The Hall–Kier alpha value is -4.70. The highest BCUT2D eigenvalue weighted by atomic mass is 16.6. The van der Waals surface area contributed by atoms with Crippen LogP contribution in [0.5, 0.6) is 0 Å². The third-order valence-electron chi connectivity index (χ3n) is 8.98. The molecule has 0 bridgehead atoms. The van der Waals surface area contributed by atoms with Crippen molar-refractivity contribution in [3.8, 4) is 0 Å². The number of benzene rings is 3. The Labute approximate surface area is 264 Å². The highest BCUT2D eigenvalue weighted by Crippen LogP contribution is 2.45. The van der Waals surface area contributed by atoms with Crippen molar-refractivity contribution in [1.82, 2.24) is 5.01 Å². The molecule has 2 heterocycles. The number of carbonyl (C=O) groups excluding carboxylic acids is 1. The predicted octanol–water partition coefficient (Wildman–Crippen LogP) is 6.00. The van der Waals surface area contributed by atoms with Crippen molar-refractivity contribution in [2.24, 2.45) is 11.0 Å². The number of hydrogen-bond donors (Lipinski definition) is 0. The summed E-state index contributed by atoms with van der Waals surface area (Å²) < 4.78 is 5.44. The summed E-state index contributed by atoms with van der Waals surface area (Å²) in [6.07, 6.45) is 4.94. The van der Waals surface area contributed by atoms with Crippen molar-refractivity contribution in [2.75, 3.05) is 69.2 Å². The van der Waals surface area contributed by atoms with E-state index in [-0.39, 0.29) is 29.1 Å². The molecule has 1 saturated carbocycles. The molecule has 0 aromatic heterocycles. The first-order chi connectivity index (χ1) is 21.7. The van der Waals surface area contributed by atoms with Crippen LogP contribution in [0.2, 0.25) is 0 Å². The number of morpholine rings is 1. The first-order valence-electron chi connectivity index (χ1n) is 15.5. The lowest BCUT2D eigenvalue weighted by Gasteiger charge is -2.30. The molecule has 234 valence electrons. The molecule has 2 aliphatic heterocycles. The number of ether oxygens (including phenoxy) is 1. The molecule has 1 saturated heterocycles. The van der Waals surface area contributed by atoms with Gasteiger partial charge in [-0.15, -0.1) is 0 Å². The van der Waals surface area contributed by atoms with Gasteiger partial charge in [0.15, 0.2) is 0 Å². The number of anilines is 3. The summed E-state index contributed by atoms with van der Waals surface area (Å²) in [5.74, 6) is -0.326. The zero-order valence-electron chi connectivity index (χ0n) is 26.3. The molecule has 3 aromatic carbocycles. The van der Waals surface area contributed by atoms with Gasteiger partial charge < -0.3 is 19.4 Å². The number of allylic oxidation sites excluding steroid dienone is 1. The SMILES string of the molecule is CN(C)c1ccc(/C=C2/CCC[C@@H]3C2=NN(C(=O)c2ccc(N4CCOCC4)c([N+](=O)[O-])c2)[C@@H]3c2ccc(N(C)C)cc2)cc1. The summed E-state index contributed by atoms with van der Waals surface area (Å²) in [6, 6.07) is 21.1. The average molecular weight is 609 g/mol. The monoisotopic (exact) mass is 608 g/mol. The molecule has 6 rings (SSSR count). The molecule has 0 unspecified atom stereocenters. The van der Waals surface area contributed by atoms with Crippen molar-refractivity contribution >= 4 is 40.4 Å². The molecular weight excluding hydrogens is 568 g/mol. The minimum atomic E-state index is -0.406. The van der Waals surface area contributed by atoms with Gasteiger partial charge in [0, 0.05) is 70.2 Å². The second-order valence-corrected chi connectivity index (χ2v) is 12.3. The first kappa shape index (κ1) is 30.3. The fraction of sp³-hybridized carbons (Fsp3) is 0.371. The fourth-order valence-corrected chi connectivity index (χ4v) is 6.55. The number of fused-ring (bicyclic) bond motifs is 1. The number of nitro groups is 1. The number of nitro benzene ring substituents is 1. The van der Waals surface area contributed by atoms with E-state index in [1.807, 2.05) is 38.0 Å². The smallest absolute Gasteiger partial charge is 0.293 e. The van der Waals surface area contributed by atoms with Crippen molar-refractivity contribution < 1.29 is 14.5 Å². The van der Waals surface area contributed by atoms with E-state index in [0.29, 0.717) is 32.0 Å². The van der Waals surface area contributed by atoms with Crippen LogP contribution in [0.25, 0.3) is 6.08 Å². The van der Waals surface area contributed by atoms with Gasteiger partial charge in [-0.1, -0.05) is 24.3 Å². The summed E-state index contributed by atoms with van der Waals surface area (Å²) >= 11 is 0. The van der Waals surface area contributed by atoms with Crippen LogP contribution in [0.1, 0.15) is 46.8 Å². The maximum absolute atomic E-state index is 14.3. The maximum Gasteiger partial charge on any atom is 0.293 e. The first-order valence-corrected chi connectivity index (χ1v) is 15.5. The van der Waals surface area contributed by atoms with E-state index in [1.165, 1.54) is 6.07 Å². The standard InChI is InChI=1S/C35H40N6O4/c1-37(2)28-13-8-24(9-14-28)22-26-6-5-7-30-33(26)36-40(34(30)25-10-15-29(16-11-25)38(3)4)35(42)27-12-17-31(32(23-27)41(43)44)39-18-20-45-21-19-39/h8-17,22-23,30,34H,5-7,18-21H2,1-4H3/b26-22-/t30-,34-/m1/s1. The molecule has 10 heteroatoms. The molecule has 3 aromatic rings. The number of amides is 1. The van der Waals surface area contributed by atoms with Crippen LogP contribution in [0.3, 0.4) is 0 Å². The predicted molar refractivity (Wildman–Crippen MR) is 179 cm³/mol. The average Bonchev–Trinajstić information content (AvgIpc) is 3.45. The molecule has 45 heavy (non-hydrogen) atoms. The Balaban J connectivity index is 1.39. The third kappa shape index (κ3) is 6.15. The largest absolute Gasteiger partial charge is 0.378 e. The van der Waals surface area contributed by atoms with Gasteiger partial charge in [0.2, 0.25) is 0 Å². The van der Waals surface area contributed by atoms with Gasteiger partial charge in [-0.2, -0.15) is 5.10 Å². The summed E-state index contributed by atoms with van der Waals surface area (Å²) in [5.41, 5.74) is 7.00. The molecule has 0 spiro atoms. The number of rotatable bonds is 7. The Morgan fingerprint density at radius 2 is 1.60 bits per heavy atom.